The van der Waals surface area contributed by atoms with E-state index in [4.69, 9.17) is 10.2 Å². The van der Waals surface area contributed by atoms with Crippen LogP contribution in [0.25, 0.3) is 0 Å². The Labute approximate surface area is 87.2 Å². The number of aryl methyl sites for hydroxylation is 3. The highest BCUT2D eigenvalue weighted by molar-refractivity contribution is 5.35. The van der Waals surface area contributed by atoms with Crippen LogP contribution in [0.3, 0.4) is 0 Å². The average molecular weight is 198 g/mol. The molecule has 2 nitrogen and oxygen atoms in total. The molecule has 1 aromatic carbocycles. The summed E-state index contributed by atoms with van der Waals surface area (Å²) < 4.78 is 0. The van der Waals surface area contributed by atoms with Gasteiger partial charge in [0, 0.05) is 7.11 Å². The molecule has 0 saturated carbocycles. The predicted octanol–water partition coefficient (Wildman–Crippen LogP) is 2.35. The largest absolute Gasteiger partial charge is 0.400 e. The molecule has 0 radical (unpaired) electrons. The fourth-order valence-electron chi connectivity index (χ4n) is 1.19. The van der Waals surface area contributed by atoms with Crippen LogP contribution in [0.5, 0.6) is 0 Å². The molecule has 0 aromatic heterocycles. The highest BCUT2D eigenvalue weighted by Gasteiger charge is 1.99. The first-order valence-corrected chi connectivity index (χ1v) is 4.27. The first-order chi connectivity index (χ1) is 6.15. The van der Waals surface area contributed by atoms with Crippen molar-refractivity contribution in [3.63, 3.8) is 0 Å². The van der Waals surface area contributed by atoms with Crippen LogP contribution in [0.15, 0.2) is 12.1 Å². The van der Waals surface area contributed by atoms with Crippen molar-refractivity contribution in [3.05, 3.63) is 34.4 Å². The normalized spacial score (nSPS) is 8.43. The van der Waals surface area contributed by atoms with Gasteiger partial charge in [0.05, 0.1) is 6.61 Å². The van der Waals surface area contributed by atoms with Gasteiger partial charge in [0.15, 0.2) is 0 Å². The van der Waals surface area contributed by atoms with Gasteiger partial charge in [-0.25, -0.2) is 0 Å². The summed E-state index contributed by atoms with van der Waals surface area (Å²) >= 11 is 0. The standard InChI is InChI=1S/C10H14O.CH4O.CH4/c1-7-4-9(3)10(6-11)5-8(7)2;1-2;/h4-5,11H,6H2,1-3H3;2H,1H3;1H4. The highest BCUT2D eigenvalue weighted by atomic mass is 16.3. The van der Waals surface area contributed by atoms with E-state index in [0.29, 0.717) is 0 Å². The van der Waals surface area contributed by atoms with Gasteiger partial charge < -0.3 is 10.2 Å². The lowest BCUT2D eigenvalue weighted by Gasteiger charge is -2.06. The third-order valence-electron chi connectivity index (χ3n) is 2.12. The first-order valence-electron chi connectivity index (χ1n) is 4.27. The third-order valence-corrected chi connectivity index (χ3v) is 2.12. The molecule has 1 rings (SSSR count). The second-order valence-electron chi connectivity index (χ2n) is 3.02. The molecule has 2 heteroatoms. The summed E-state index contributed by atoms with van der Waals surface area (Å²) in [7, 11) is 1.00. The van der Waals surface area contributed by atoms with Crippen molar-refractivity contribution in [3.8, 4) is 0 Å². The quantitative estimate of drug-likeness (QED) is 0.727. The summed E-state index contributed by atoms with van der Waals surface area (Å²) in [4.78, 5) is 0. The molecule has 14 heavy (non-hydrogen) atoms. The zero-order chi connectivity index (χ0) is 10.4. The second-order valence-corrected chi connectivity index (χ2v) is 3.02. The molecule has 0 amide bonds. The number of rotatable bonds is 1. The lowest BCUT2D eigenvalue weighted by molar-refractivity contribution is 0.281. The Bertz CT molecular complexity index is 267. The average Bonchev–Trinajstić information content (AvgIpc) is 2.15. The molecule has 0 aliphatic carbocycles. The van der Waals surface area contributed by atoms with E-state index in [1.165, 1.54) is 16.7 Å². The van der Waals surface area contributed by atoms with Gasteiger partial charge in [-0.2, -0.15) is 0 Å². The molecule has 0 spiro atoms. The Kier molecular flexibility index (Phi) is 8.40. The van der Waals surface area contributed by atoms with E-state index in [0.717, 1.165) is 12.7 Å². The summed E-state index contributed by atoms with van der Waals surface area (Å²) in [5.41, 5.74) is 4.75. The molecule has 0 aliphatic rings. The zero-order valence-corrected chi connectivity index (χ0v) is 8.76. The summed E-state index contributed by atoms with van der Waals surface area (Å²) in [6.07, 6.45) is 0. The number of aliphatic hydroxyl groups excluding tert-OH is 2. The van der Waals surface area contributed by atoms with E-state index < -0.39 is 0 Å². The molecule has 0 unspecified atom stereocenters. The SMILES string of the molecule is C.CO.Cc1cc(C)c(CO)cc1C. The van der Waals surface area contributed by atoms with Gasteiger partial charge in [0.1, 0.15) is 0 Å². The molecular formula is C12H22O2. The lowest BCUT2D eigenvalue weighted by atomic mass is 10.0. The molecule has 0 aliphatic heterocycles. The fourth-order valence-corrected chi connectivity index (χ4v) is 1.19. The van der Waals surface area contributed by atoms with Crippen molar-refractivity contribution < 1.29 is 10.2 Å². The fraction of sp³-hybridized carbons (Fsp3) is 0.500. The molecule has 0 bridgehead atoms. The van der Waals surface area contributed by atoms with Crippen molar-refractivity contribution in [2.24, 2.45) is 0 Å². The van der Waals surface area contributed by atoms with Gasteiger partial charge in [-0.05, 0) is 43.0 Å². The van der Waals surface area contributed by atoms with Crippen molar-refractivity contribution in [2.75, 3.05) is 7.11 Å². The molecule has 2 N–H and O–H groups in total. The van der Waals surface area contributed by atoms with Crippen LogP contribution in [0, 0.1) is 20.8 Å². The third kappa shape index (κ3) is 3.90. The number of hydrogen-bond acceptors (Lipinski definition) is 2. The maximum Gasteiger partial charge on any atom is 0.0684 e. The van der Waals surface area contributed by atoms with Crippen molar-refractivity contribution >= 4 is 0 Å². The van der Waals surface area contributed by atoms with E-state index in [2.05, 4.69) is 19.9 Å². The number of benzene rings is 1. The molecule has 0 atom stereocenters. The van der Waals surface area contributed by atoms with Gasteiger partial charge in [-0.15, -0.1) is 0 Å². The Morgan fingerprint density at radius 2 is 1.36 bits per heavy atom. The van der Waals surface area contributed by atoms with E-state index >= 15 is 0 Å². The molecule has 82 valence electrons. The highest BCUT2D eigenvalue weighted by Crippen LogP contribution is 2.14. The lowest BCUT2D eigenvalue weighted by Crippen LogP contribution is -1.91. The van der Waals surface area contributed by atoms with Gasteiger partial charge in [0.25, 0.3) is 0 Å². The zero-order valence-electron chi connectivity index (χ0n) is 8.76. The molecular weight excluding hydrogens is 176 g/mol. The van der Waals surface area contributed by atoms with Gasteiger partial charge in [-0.3, -0.25) is 0 Å². The van der Waals surface area contributed by atoms with Crippen molar-refractivity contribution in [1.29, 1.82) is 0 Å². The smallest absolute Gasteiger partial charge is 0.0684 e. The summed E-state index contributed by atoms with van der Waals surface area (Å²) in [5, 5.41) is 15.9. The molecule has 0 fully saturated rings. The minimum absolute atomic E-state index is 0. The topological polar surface area (TPSA) is 40.5 Å². The van der Waals surface area contributed by atoms with Gasteiger partial charge in [-0.1, -0.05) is 19.6 Å². The maximum absolute atomic E-state index is 8.93. The molecule has 0 saturated heterocycles. The van der Waals surface area contributed by atoms with Crippen molar-refractivity contribution in [2.45, 2.75) is 34.8 Å². The van der Waals surface area contributed by atoms with E-state index in [1.807, 2.05) is 13.0 Å². The Morgan fingerprint density at radius 3 is 1.79 bits per heavy atom. The summed E-state index contributed by atoms with van der Waals surface area (Å²) in [6, 6.07) is 4.16. The van der Waals surface area contributed by atoms with Crippen LogP contribution >= 0.6 is 0 Å². The molecule has 0 heterocycles. The maximum atomic E-state index is 8.93. The number of aliphatic hydroxyl groups is 2. The van der Waals surface area contributed by atoms with Crippen LogP contribution < -0.4 is 0 Å². The van der Waals surface area contributed by atoms with Gasteiger partial charge >= 0.3 is 0 Å². The second kappa shape index (κ2) is 7.54. The van der Waals surface area contributed by atoms with Crippen LogP contribution in [-0.4, -0.2) is 17.3 Å². The number of hydrogen-bond donors (Lipinski definition) is 2. The Hall–Kier alpha value is -0.860. The Balaban J connectivity index is 0. The van der Waals surface area contributed by atoms with Crippen LogP contribution in [-0.2, 0) is 6.61 Å². The first kappa shape index (κ1) is 15.6. The summed E-state index contributed by atoms with van der Waals surface area (Å²) in [5.74, 6) is 0. The predicted molar refractivity (Wildman–Crippen MR) is 61.4 cm³/mol. The van der Waals surface area contributed by atoms with Crippen LogP contribution in [0.2, 0.25) is 0 Å². The summed E-state index contributed by atoms with van der Waals surface area (Å²) in [6.45, 7) is 6.32. The van der Waals surface area contributed by atoms with Crippen LogP contribution in [0.1, 0.15) is 29.7 Å². The van der Waals surface area contributed by atoms with Gasteiger partial charge in [0.2, 0.25) is 0 Å². The Morgan fingerprint density at radius 1 is 0.929 bits per heavy atom. The van der Waals surface area contributed by atoms with Crippen molar-refractivity contribution in [1.82, 2.24) is 0 Å². The minimum atomic E-state index is 0. The monoisotopic (exact) mass is 198 g/mol. The van der Waals surface area contributed by atoms with E-state index in [9.17, 15) is 0 Å². The van der Waals surface area contributed by atoms with Crippen LogP contribution in [0.4, 0.5) is 0 Å². The minimum Gasteiger partial charge on any atom is -0.400 e. The molecule has 1 aromatic rings. The van der Waals surface area contributed by atoms with E-state index in [-0.39, 0.29) is 14.0 Å². The van der Waals surface area contributed by atoms with E-state index in [1.54, 1.807) is 0 Å².